The quantitative estimate of drug-likeness (QED) is 0.582. The first-order chi connectivity index (χ1) is 12.4. The molecule has 26 heavy (non-hydrogen) atoms. The predicted molar refractivity (Wildman–Crippen MR) is 94.7 cm³/mol. The van der Waals surface area contributed by atoms with Gasteiger partial charge < -0.3 is 4.74 Å². The first-order valence-corrected chi connectivity index (χ1v) is 8.74. The second-order valence-electron chi connectivity index (χ2n) is 6.30. The van der Waals surface area contributed by atoms with E-state index in [9.17, 15) is 18.0 Å². The Morgan fingerprint density at radius 1 is 1.00 bits per heavy atom. The number of carbonyl (C=O) groups is 1. The van der Waals surface area contributed by atoms with Crippen LogP contribution < -0.4 is 0 Å². The molecule has 0 heterocycles. The molecule has 0 fully saturated rings. The van der Waals surface area contributed by atoms with Gasteiger partial charge in [0.15, 0.2) is 0 Å². The van der Waals surface area contributed by atoms with Crippen molar-refractivity contribution in [3.63, 3.8) is 0 Å². The average Bonchev–Trinajstić information content (AvgIpc) is 2.60. The zero-order valence-corrected chi connectivity index (χ0v) is 14.8. The lowest BCUT2D eigenvalue weighted by molar-refractivity contribution is -0.144. The van der Waals surface area contributed by atoms with Crippen molar-refractivity contribution in [3.8, 4) is 0 Å². The molecule has 0 aliphatic heterocycles. The summed E-state index contributed by atoms with van der Waals surface area (Å²) in [6, 6.07) is 15.1. The van der Waals surface area contributed by atoms with Crippen LogP contribution in [-0.4, -0.2) is 12.6 Å². The molecule has 0 aliphatic carbocycles. The Morgan fingerprint density at radius 3 is 2.23 bits per heavy atom. The van der Waals surface area contributed by atoms with Gasteiger partial charge in [0.25, 0.3) is 0 Å². The fourth-order valence-corrected chi connectivity index (χ4v) is 2.91. The number of rotatable bonds is 8. The Bertz CT molecular complexity index is 679. The van der Waals surface area contributed by atoms with Crippen LogP contribution >= 0.6 is 0 Å². The lowest BCUT2D eigenvalue weighted by Gasteiger charge is -2.17. The summed E-state index contributed by atoms with van der Waals surface area (Å²) in [5.41, 5.74) is 1.32. The van der Waals surface area contributed by atoms with Gasteiger partial charge in [-0.1, -0.05) is 42.5 Å². The molecule has 0 aliphatic rings. The zero-order valence-electron chi connectivity index (χ0n) is 14.8. The number of hydrogen-bond donors (Lipinski definition) is 0. The third-order valence-electron chi connectivity index (χ3n) is 4.25. The Hall–Kier alpha value is -2.30. The van der Waals surface area contributed by atoms with E-state index in [0.29, 0.717) is 25.9 Å². The summed E-state index contributed by atoms with van der Waals surface area (Å²) in [5, 5.41) is 0. The van der Waals surface area contributed by atoms with Crippen LogP contribution in [0.4, 0.5) is 13.2 Å². The molecule has 0 saturated carbocycles. The van der Waals surface area contributed by atoms with Crippen LogP contribution in [0, 0.1) is 5.92 Å². The number of aryl methyl sites for hydroxylation is 1. The van der Waals surface area contributed by atoms with Gasteiger partial charge in [0.1, 0.15) is 0 Å². The summed E-state index contributed by atoms with van der Waals surface area (Å²) in [7, 11) is 0. The number of ether oxygens (including phenoxy) is 1. The molecule has 0 spiro atoms. The summed E-state index contributed by atoms with van der Waals surface area (Å²) >= 11 is 0. The molecular weight excluding hydrogens is 341 g/mol. The van der Waals surface area contributed by atoms with Crippen LogP contribution in [0.3, 0.4) is 0 Å². The molecule has 2 nitrogen and oxygen atoms in total. The topological polar surface area (TPSA) is 26.3 Å². The highest BCUT2D eigenvalue weighted by molar-refractivity contribution is 5.69. The van der Waals surface area contributed by atoms with Gasteiger partial charge >= 0.3 is 12.1 Å². The summed E-state index contributed by atoms with van der Waals surface area (Å²) in [6.07, 6.45) is -1.95. The highest BCUT2D eigenvalue weighted by Gasteiger charge is 2.29. The summed E-state index contributed by atoms with van der Waals surface area (Å²) in [5.74, 6) is -0.153. The van der Waals surface area contributed by atoms with Crippen molar-refractivity contribution in [2.24, 2.45) is 5.92 Å². The molecule has 140 valence electrons. The van der Waals surface area contributed by atoms with Crippen LogP contribution in [0.1, 0.15) is 36.5 Å². The third kappa shape index (κ3) is 6.54. The number of benzene rings is 2. The van der Waals surface area contributed by atoms with E-state index in [1.54, 1.807) is 6.92 Å². The van der Waals surface area contributed by atoms with Crippen molar-refractivity contribution in [3.05, 3.63) is 71.3 Å². The van der Waals surface area contributed by atoms with E-state index in [1.807, 2.05) is 30.3 Å². The highest BCUT2D eigenvalue weighted by atomic mass is 19.4. The number of hydrogen-bond acceptors (Lipinski definition) is 2. The van der Waals surface area contributed by atoms with Gasteiger partial charge in [0.2, 0.25) is 0 Å². The molecule has 0 amide bonds. The number of esters is 1. The molecule has 2 rings (SSSR count). The standard InChI is InChI=1S/C21H23F3O2/c1-2-26-20(25)15-18(14-17-6-4-3-5-7-17)9-8-16-10-12-19(13-11-16)21(22,23)24/h3-7,10-13,18H,2,8-9,14-15H2,1H3. The SMILES string of the molecule is CCOC(=O)CC(CCc1ccc(C(F)(F)F)cc1)Cc1ccccc1. The molecule has 1 unspecified atom stereocenters. The highest BCUT2D eigenvalue weighted by Crippen LogP contribution is 2.29. The molecule has 0 saturated heterocycles. The fourth-order valence-electron chi connectivity index (χ4n) is 2.91. The molecule has 2 aromatic rings. The molecule has 0 aromatic heterocycles. The predicted octanol–water partition coefficient (Wildman–Crippen LogP) is 5.45. The Labute approximate surface area is 152 Å². The molecular formula is C21H23F3O2. The van der Waals surface area contributed by atoms with Gasteiger partial charge in [-0.05, 0) is 55.4 Å². The third-order valence-corrected chi connectivity index (χ3v) is 4.25. The Balaban J connectivity index is 2.00. The molecule has 1 atom stereocenters. The lowest BCUT2D eigenvalue weighted by Crippen LogP contribution is -2.15. The molecule has 0 radical (unpaired) electrons. The molecule has 5 heteroatoms. The van der Waals surface area contributed by atoms with Gasteiger partial charge in [-0.15, -0.1) is 0 Å². The Kier molecular flexibility index (Phi) is 7.25. The van der Waals surface area contributed by atoms with E-state index in [-0.39, 0.29) is 11.9 Å². The summed E-state index contributed by atoms with van der Waals surface area (Å²) in [6.45, 7) is 2.11. The van der Waals surface area contributed by atoms with Crippen LogP contribution in [0.5, 0.6) is 0 Å². The summed E-state index contributed by atoms with van der Waals surface area (Å²) in [4.78, 5) is 11.9. The summed E-state index contributed by atoms with van der Waals surface area (Å²) < 4.78 is 43.0. The van der Waals surface area contributed by atoms with Crippen LogP contribution in [0.15, 0.2) is 54.6 Å². The normalized spacial score (nSPS) is 12.6. The van der Waals surface area contributed by atoms with Gasteiger partial charge in [-0.25, -0.2) is 0 Å². The number of carbonyl (C=O) groups excluding carboxylic acids is 1. The smallest absolute Gasteiger partial charge is 0.416 e. The molecule has 0 N–H and O–H groups in total. The molecule has 0 bridgehead atoms. The van der Waals surface area contributed by atoms with Crippen LogP contribution in [0.2, 0.25) is 0 Å². The van der Waals surface area contributed by atoms with E-state index in [0.717, 1.165) is 29.7 Å². The van der Waals surface area contributed by atoms with Crippen molar-refractivity contribution in [2.75, 3.05) is 6.61 Å². The monoisotopic (exact) mass is 364 g/mol. The maximum absolute atomic E-state index is 12.6. The van der Waals surface area contributed by atoms with Crippen LogP contribution in [0.25, 0.3) is 0 Å². The van der Waals surface area contributed by atoms with Gasteiger partial charge in [-0.3, -0.25) is 4.79 Å². The molecule has 2 aromatic carbocycles. The van der Waals surface area contributed by atoms with Crippen molar-refractivity contribution in [2.45, 2.75) is 38.8 Å². The average molecular weight is 364 g/mol. The fraction of sp³-hybridized carbons (Fsp3) is 0.381. The Morgan fingerprint density at radius 2 is 1.65 bits per heavy atom. The van der Waals surface area contributed by atoms with Gasteiger partial charge in [-0.2, -0.15) is 13.2 Å². The van der Waals surface area contributed by atoms with Crippen molar-refractivity contribution >= 4 is 5.97 Å². The van der Waals surface area contributed by atoms with E-state index in [4.69, 9.17) is 4.74 Å². The van der Waals surface area contributed by atoms with Crippen molar-refractivity contribution in [1.82, 2.24) is 0 Å². The number of alkyl halides is 3. The van der Waals surface area contributed by atoms with Crippen molar-refractivity contribution in [1.29, 1.82) is 0 Å². The minimum atomic E-state index is -4.32. The van der Waals surface area contributed by atoms with E-state index in [2.05, 4.69) is 0 Å². The van der Waals surface area contributed by atoms with E-state index in [1.165, 1.54) is 12.1 Å². The lowest BCUT2D eigenvalue weighted by atomic mass is 9.90. The van der Waals surface area contributed by atoms with Gasteiger partial charge in [0.05, 0.1) is 12.2 Å². The zero-order chi connectivity index (χ0) is 19.0. The minimum absolute atomic E-state index is 0.0822. The second kappa shape index (κ2) is 9.41. The minimum Gasteiger partial charge on any atom is -0.466 e. The van der Waals surface area contributed by atoms with E-state index >= 15 is 0 Å². The first kappa shape index (κ1) is 20.0. The van der Waals surface area contributed by atoms with E-state index < -0.39 is 11.7 Å². The van der Waals surface area contributed by atoms with Crippen molar-refractivity contribution < 1.29 is 22.7 Å². The second-order valence-corrected chi connectivity index (χ2v) is 6.30. The largest absolute Gasteiger partial charge is 0.466 e. The maximum atomic E-state index is 12.6. The number of halogens is 3. The van der Waals surface area contributed by atoms with Crippen LogP contribution in [-0.2, 0) is 28.5 Å². The maximum Gasteiger partial charge on any atom is 0.416 e. The first-order valence-electron chi connectivity index (χ1n) is 8.74. The van der Waals surface area contributed by atoms with Gasteiger partial charge in [0, 0.05) is 6.42 Å².